The van der Waals surface area contributed by atoms with Gasteiger partial charge in [-0.05, 0) is 49.4 Å². The first kappa shape index (κ1) is 18.0. The molecule has 0 radical (unpaired) electrons. The summed E-state index contributed by atoms with van der Waals surface area (Å²) < 4.78 is 6.19. The fourth-order valence-corrected chi connectivity index (χ4v) is 4.52. The van der Waals surface area contributed by atoms with Crippen molar-refractivity contribution in [2.24, 2.45) is 5.92 Å². The Labute approximate surface area is 169 Å². The first-order valence-electron chi connectivity index (χ1n) is 10.1. The number of hydrogen-bond donors (Lipinski definition) is 1. The molecule has 2 unspecified atom stereocenters. The zero-order chi connectivity index (χ0) is 20.1. The minimum atomic E-state index is 0.301. The molecule has 1 aromatic carbocycles. The van der Waals surface area contributed by atoms with Crippen LogP contribution in [0, 0.1) is 19.8 Å². The van der Waals surface area contributed by atoms with Gasteiger partial charge in [-0.1, -0.05) is 13.0 Å². The molecule has 7 heteroatoms. The van der Waals surface area contributed by atoms with E-state index >= 15 is 0 Å². The van der Waals surface area contributed by atoms with Gasteiger partial charge in [-0.15, -0.1) is 0 Å². The number of likely N-dealkylation sites (N-methyl/N-ethyl adjacent to an activating group) is 1. The van der Waals surface area contributed by atoms with Crippen molar-refractivity contribution in [1.82, 2.24) is 19.9 Å². The van der Waals surface area contributed by atoms with Gasteiger partial charge >= 0.3 is 0 Å². The van der Waals surface area contributed by atoms with Crippen molar-refractivity contribution in [3.05, 3.63) is 41.9 Å². The SMILES string of the molecule is Cc1cc(C)c2oc(N3CCC(C)C(N(C)c4ncnc5[nH]ccc45)C3)nc2c1. The normalized spacial score (nSPS) is 19.9. The molecular weight excluding hydrogens is 364 g/mol. The summed E-state index contributed by atoms with van der Waals surface area (Å²) in [6.07, 6.45) is 4.62. The van der Waals surface area contributed by atoms with E-state index in [2.05, 4.69) is 64.7 Å². The predicted octanol–water partition coefficient (Wildman–Crippen LogP) is 4.07. The summed E-state index contributed by atoms with van der Waals surface area (Å²) in [6.45, 7) is 8.28. The molecule has 0 bridgehead atoms. The molecule has 0 aliphatic carbocycles. The average molecular weight is 390 g/mol. The van der Waals surface area contributed by atoms with Gasteiger partial charge in [0.25, 0.3) is 6.01 Å². The van der Waals surface area contributed by atoms with Crippen molar-refractivity contribution in [3.8, 4) is 0 Å². The predicted molar refractivity (Wildman–Crippen MR) is 116 cm³/mol. The molecule has 150 valence electrons. The zero-order valence-electron chi connectivity index (χ0n) is 17.3. The summed E-state index contributed by atoms with van der Waals surface area (Å²) in [5.41, 5.74) is 5.03. The Hall–Kier alpha value is -3.09. The number of piperidine rings is 1. The molecule has 1 N–H and O–H groups in total. The molecule has 0 saturated carbocycles. The van der Waals surface area contributed by atoms with Crippen molar-refractivity contribution in [3.63, 3.8) is 0 Å². The van der Waals surface area contributed by atoms with Gasteiger partial charge < -0.3 is 19.2 Å². The van der Waals surface area contributed by atoms with E-state index in [0.717, 1.165) is 53.0 Å². The fourth-order valence-electron chi connectivity index (χ4n) is 4.52. The molecule has 7 nitrogen and oxygen atoms in total. The molecule has 4 aromatic rings. The van der Waals surface area contributed by atoms with Crippen LogP contribution in [0.1, 0.15) is 24.5 Å². The van der Waals surface area contributed by atoms with Gasteiger partial charge in [-0.25, -0.2) is 9.97 Å². The largest absolute Gasteiger partial charge is 0.423 e. The minimum Gasteiger partial charge on any atom is -0.423 e. The quantitative estimate of drug-likeness (QED) is 0.568. The number of anilines is 2. The topological polar surface area (TPSA) is 74.1 Å². The van der Waals surface area contributed by atoms with Crippen molar-refractivity contribution < 1.29 is 4.42 Å². The molecule has 1 aliphatic rings. The van der Waals surface area contributed by atoms with Crippen LogP contribution in [-0.2, 0) is 0 Å². The van der Waals surface area contributed by atoms with Crippen LogP contribution in [0.15, 0.2) is 35.1 Å². The Balaban J connectivity index is 1.46. The molecule has 1 saturated heterocycles. The van der Waals surface area contributed by atoms with Crippen LogP contribution in [0.25, 0.3) is 22.1 Å². The summed E-state index contributed by atoms with van der Waals surface area (Å²) in [7, 11) is 2.12. The Morgan fingerprint density at radius 3 is 2.97 bits per heavy atom. The van der Waals surface area contributed by atoms with Gasteiger partial charge in [-0.2, -0.15) is 4.98 Å². The molecule has 0 amide bonds. The third-order valence-electron chi connectivity index (χ3n) is 6.16. The number of H-pyrrole nitrogens is 1. The number of aromatic nitrogens is 4. The Morgan fingerprint density at radius 1 is 1.24 bits per heavy atom. The van der Waals surface area contributed by atoms with Crippen molar-refractivity contribution >= 4 is 34.0 Å². The van der Waals surface area contributed by atoms with E-state index in [9.17, 15) is 0 Å². The van der Waals surface area contributed by atoms with Gasteiger partial charge in [0.1, 0.15) is 23.3 Å². The first-order valence-corrected chi connectivity index (χ1v) is 10.1. The molecular formula is C22H26N6O. The van der Waals surface area contributed by atoms with E-state index in [4.69, 9.17) is 9.40 Å². The lowest BCUT2D eigenvalue weighted by atomic mass is 9.92. The van der Waals surface area contributed by atoms with Gasteiger partial charge in [0, 0.05) is 26.3 Å². The summed E-state index contributed by atoms with van der Waals surface area (Å²) in [4.78, 5) is 21.4. The van der Waals surface area contributed by atoms with E-state index in [-0.39, 0.29) is 0 Å². The highest BCUT2D eigenvalue weighted by atomic mass is 16.4. The summed E-state index contributed by atoms with van der Waals surface area (Å²) in [6, 6.07) is 7.29. The molecule has 5 rings (SSSR count). The average Bonchev–Trinajstić information content (AvgIpc) is 3.34. The van der Waals surface area contributed by atoms with Crippen LogP contribution in [0.5, 0.6) is 0 Å². The van der Waals surface area contributed by atoms with Crippen molar-refractivity contribution in [2.45, 2.75) is 33.2 Å². The Bertz CT molecular complexity index is 1180. The molecule has 29 heavy (non-hydrogen) atoms. The molecule has 1 aliphatic heterocycles. The molecule has 4 heterocycles. The number of rotatable bonds is 3. The lowest BCUT2D eigenvalue weighted by Crippen LogP contribution is -2.51. The fraction of sp³-hybridized carbons (Fsp3) is 0.409. The summed E-state index contributed by atoms with van der Waals surface area (Å²) in [5, 5.41) is 1.05. The number of fused-ring (bicyclic) bond motifs is 2. The number of benzene rings is 1. The number of hydrogen-bond acceptors (Lipinski definition) is 6. The highest BCUT2D eigenvalue weighted by molar-refractivity contribution is 5.87. The van der Waals surface area contributed by atoms with Crippen LogP contribution in [0.3, 0.4) is 0 Å². The number of nitrogens with zero attached hydrogens (tertiary/aromatic N) is 5. The van der Waals surface area contributed by atoms with Crippen LogP contribution in [-0.4, -0.2) is 46.1 Å². The van der Waals surface area contributed by atoms with E-state index in [1.165, 1.54) is 5.56 Å². The monoisotopic (exact) mass is 390 g/mol. The Kier molecular flexibility index (Phi) is 4.19. The van der Waals surface area contributed by atoms with E-state index < -0.39 is 0 Å². The maximum absolute atomic E-state index is 6.19. The third-order valence-corrected chi connectivity index (χ3v) is 6.16. The second kappa shape index (κ2) is 6.76. The standard InChI is InChI=1S/C22H26N6O/c1-13-9-15(3)19-17(10-13)26-22(29-19)28-8-6-14(2)18(11-28)27(4)21-16-5-7-23-20(16)24-12-25-21/h5,7,9-10,12,14,18H,6,8,11H2,1-4H3,(H,23,24,25). The van der Waals surface area contributed by atoms with Crippen LogP contribution < -0.4 is 9.80 Å². The number of aromatic amines is 1. The molecule has 2 atom stereocenters. The maximum atomic E-state index is 6.19. The van der Waals surface area contributed by atoms with Crippen LogP contribution >= 0.6 is 0 Å². The van der Waals surface area contributed by atoms with Gasteiger partial charge in [-0.3, -0.25) is 0 Å². The van der Waals surface area contributed by atoms with E-state index in [0.29, 0.717) is 18.0 Å². The minimum absolute atomic E-state index is 0.301. The molecule has 1 fully saturated rings. The smallest absolute Gasteiger partial charge is 0.298 e. The van der Waals surface area contributed by atoms with Crippen molar-refractivity contribution in [2.75, 3.05) is 29.9 Å². The second-order valence-corrected chi connectivity index (χ2v) is 8.25. The maximum Gasteiger partial charge on any atom is 0.298 e. The third kappa shape index (κ3) is 3.01. The number of oxazole rings is 1. The van der Waals surface area contributed by atoms with Crippen LogP contribution in [0.4, 0.5) is 11.8 Å². The zero-order valence-corrected chi connectivity index (χ0v) is 17.3. The lowest BCUT2D eigenvalue weighted by molar-refractivity contribution is 0.355. The number of aryl methyl sites for hydroxylation is 2. The van der Waals surface area contributed by atoms with Gasteiger partial charge in [0.05, 0.1) is 11.4 Å². The van der Waals surface area contributed by atoms with E-state index in [1.54, 1.807) is 6.33 Å². The highest BCUT2D eigenvalue weighted by Crippen LogP contribution is 2.32. The first-order chi connectivity index (χ1) is 14.0. The van der Waals surface area contributed by atoms with Gasteiger partial charge in [0.15, 0.2) is 5.58 Å². The molecule has 0 spiro atoms. The Morgan fingerprint density at radius 2 is 2.10 bits per heavy atom. The lowest BCUT2D eigenvalue weighted by Gasteiger charge is -2.41. The second-order valence-electron chi connectivity index (χ2n) is 8.25. The van der Waals surface area contributed by atoms with Crippen LogP contribution in [0.2, 0.25) is 0 Å². The molecule has 3 aromatic heterocycles. The number of nitrogens with one attached hydrogen (secondary N) is 1. The van der Waals surface area contributed by atoms with E-state index in [1.807, 2.05) is 12.3 Å². The van der Waals surface area contributed by atoms with Crippen molar-refractivity contribution in [1.29, 1.82) is 0 Å². The highest BCUT2D eigenvalue weighted by Gasteiger charge is 2.32. The summed E-state index contributed by atoms with van der Waals surface area (Å²) >= 11 is 0. The van der Waals surface area contributed by atoms with Gasteiger partial charge in [0.2, 0.25) is 0 Å². The summed E-state index contributed by atoms with van der Waals surface area (Å²) in [5.74, 6) is 1.49.